The Morgan fingerprint density at radius 3 is 3.06 bits per heavy atom. The lowest BCUT2D eigenvalue weighted by molar-refractivity contribution is 0.0460. The Hall–Kier alpha value is -0.980. The molecule has 1 atom stereocenters. The third-order valence-corrected chi connectivity index (χ3v) is 3.69. The molecule has 17 heavy (non-hydrogen) atoms. The Morgan fingerprint density at radius 2 is 2.35 bits per heavy atom. The van der Waals surface area contributed by atoms with E-state index in [4.69, 9.17) is 10.5 Å². The highest BCUT2D eigenvalue weighted by atomic mass is 16.5. The Bertz CT molecular complexity index is 366. The van der Waals surface area contributed by atoms with E-state index in [-0.39, 0.29) is 5.54 Å². The molecule has 1 aliphatic rings. The van der Waals surface area contributed by atoms with Gasteiger partial charge in [-0.2, -0.15) is 0 Å². The molecule has 0 spiro atoms. The number of nitrogens with zero attached hydrogens (tertiary/aromatic N) is 4. The molecular weight excluding hydrogens is 218 g/mol. The minimum absolute atomic E-state index is 0.0206. The molecule has 0 aromatic carbocycles. The molecular formula is C11H21N5O. The largest absolute Gasteiger partial charge is 0.385 e. The lowest BCUT2D eigenvalue weighted by Gasteiger charge is -2.42. The maximum Gasteiger partial charge on any atom is 0.147 e. The number of methoxy groups -OCH3 is 1. The summed E-state index contributed by atoms with van der Waals surface area (Å²) in [5.74, 6) is 1.02. The molecule has 0 fully saturated rings. The number of fused-ring (bicyclic) bond motifs is 1. The molecule has 0 saturated carbocycles. The first-order valence-corrected chi connectivity index (χ1v) is 6.00. The van der Waals surface area contributed by atoms with Crippen LogP contribution in [0.3, 0.4) is 0 Å². The van der Waals surface area contributed by atoms with Gasteiger partial charge in [0.15, 0.2) is 0 Å². The predicted molar refractivity (Wildman–Crippen MR) is 64.4 cm³/mol. The van der Waals surface area contributed by atoms with Crippen LogP contribution < -0.4 is 5.73 Å². The summed E-state index contributed by atoms with van der Waals surface area (Å²) >= 11 is 0. The van der Waals surface area contributed by atoms with E-state index in [1.54, 1.807) is 13.4 Å². The maximum absolute atomic E-state index is 5.93. The van der Waals surface area contributed by atoms with Gasteiger partial charge in [-0.05, 0) is 13.3 Å². The number of ether oxygens (including phenoxy) is 1. The van der Waals surface area contributed by atoms with E-state index in [0.717, 1.165) is 38.5 Å². The lowest BCUT2D eigenvalue weighted by Crippen LogP contribution is -2.54. The number of hydrogen-bond donors (Lipinski definition) is 1. The van der Waals surface area contributed by atoms with Crippen LogP contribution >= 0.6 is 0 Å². The van der Waals surface area contributed by atoms with Crippen LogP contribution in [0.25, 0.3) is 0 Å². The second kappa shape index (κ2) is 5.12. The molecule has 1 unspecified atom stereocenters. The molecule has 1 aromatic rings. The third kappa shape index (κ3) is 2.48. The quantitative estimate of drug-likeness (QED) is 0.773. The van der Waals surface area contributed by atoms with Crippen molar-refractivity contribution in [3.8, 4) is 0 Å². The average molecular weight is 239 g/mol. The molecule has 6 heteroatoms. The Balaban J connectivity index is 2.07. The van der Waals surface area contributed by atoms with Crippen LogP contribution in [0.5, 0.6) is 0 Å². The van der Waals surface area contributed by atoms with Crippen LogP contribution in [0.2, 0.25) is 0 Å². The van der Waals surface area contributed by atoms with E-state index in [1.165, 1.54) is 0 Å². The SMILES string of the molecule is COCCC(C)(CN)N1CCn2cnnc2C1. The summed E-state index contributed by atoms with van der Waals surface area (Å²) in [4.78, 5) is 2.38. The summed E-state index contributed by atoms with van der Waals surface area (Å²) in [5.41, 5.74) is 5.91. The highest BCUT2D eigenvalue weighted by Crippen LogP contribution is 2.23. The van der Waals surface area contributed by atoms with Crippen LogP contribution in [0.4, 0.5) is 0 Å². The Labute approximate surface area is 102 Å². The molecule has 0 saturated heterocycles. The van der Waals surface area contributed by atoms with Gasteiger partial charge in [0.25, 0.3) is 0 Å². The number of rotatable bonds is 5. The zero-order valence-electron chi connectivity index (χ0n) is 10.6. The van der Waals surface area contributed by atoms with Crippen molar-refractivity contribution >= 4 is 0 Å². The van der Waals surface area contributed by atoms with Crippen LogP contribution in [0.15, 0.2) is 6.33 Å². The summed E-state index contributed by atoms with van der Waals surface area (Å²) in [7, 11) is 1.73. The van der Waals surface area contributed by atoms with Crippen molar-refractivity contribution in [2.45, 2.75) is 32.0 Å². The van der Waals surface area contributed by atoms with Gasteiger partial charge in [-0.15, -0.1) is 10.2 Å². The van der Waals surface area contributed by atoms with E-state index >= 15 is 0 Å². The van der Waals surface area contributed by atoms with Crippen molar-refractivity contribution in [1.29, 1.82) is 0 Å². The summed E-state index contributed by atoms with van der Waals surface area (Å²) in [5, 5.41) is 8.07. The number of hydrogen-bond acceptors (Lipinski definition) is 5. The fourth-order valence-corrected chi connectivity index (χ4v) is 2.24. The molecule has 6 nitrogen and oxygen atoms in total. The molecule has 1 aromatic heterocycles. The molecule has 2 N–H and O–H groups in total. The molecule has 0 amide bonds. The Kier molecular flexibility index (Phi) is 3.76. The van der Waals surface area contributed by atoms with Crippen molar-refractivity contribution in [3.05, 3.63) is 12.2 Å². The smallest absolute Gasteiger partial charge is 0.147 e. The maximum atomic E-state index is 5.93. The highest BCUT2D eigenvalue weighted by molar-refractivity contribution is 4.96. The molecule has 0 bridgehead atoms. The van der Waals surface area contributed by atoms with Crippen molar-refractivity contribution < 1.29 is 4.74 Å². The summed E-state index contributed by atoms with van der Waals surface area (Å²) in [6.45, 7) is 6.30. The fraction of sp³-hybridized carbons (Fsp3) is 0.818. The number of aromatic nitrogens is 3. The normalized spacial score (nSPS) is 19.9. The molecule has 96 valence electrons. The van der Waals surface area contributed by atoms with Gasteiger partial charge in [0.2, 0.25) is 0 Å². The van der Waals surface area contributed by atoms with E-state index in [9.17, 15) is 0 Å². The summed E-state index contributed by atoms with van der Waals surface area (Å²) in [6, 6.07) is 0. The molecule has 1 aliphatic heterocycles. The van der Waals surface area contributed by atoms with Crippen LogP contribution in [0, 0.1) is 0 Å². The van der Waals surface area contributed by atoms with Gasteiger partial charge in [-0.1, -0.05) is 0 Å². The average Bonchev–Trinajstić information content (AvgIpc) is 2.83. The first-order chi connectivity index (χ1) is 8.19. The highest BCUT2D eigenvalue weighted by Gasteiger charge is 2.33. The first-order valence-electron chi connectivity index (χ1n) is 6.00. The van der Waals surface area contributed by atoms with Crippen molar-refractivity contribution in [2.75, 3.05) is 26.8 Å². The fourth-order valence-electron chi connectivity index (χ4n) is 2.24. The van der Waals surface area contributed by atoms with Crippen LogP contribution in [-0.2, 0) is 17.8 Å². The van der Waals surface area contributed by atoms with Crippen LogP contribution in [0.1, 0.15) is 19.2 Å². The lowest BCUT2D eigenvalue weighted by atomic mass is 9.95. The second-order valence-corrected chi connectivity index (χ2v) is 4.81. The van der Waals surface area contributed by atoms with E-state index < -0.39 is 0 Å². The minimum atomic E-state index is -0.0206. The molecule has 2 rings (SSSR count). The van der Waals surface area contributed by atoms with E-state index in [1.807, 2.05) is 0 Å². The van der Waals surface area contributed by atoms with Gasteiger partial charge in [-0.3, -0.25) is 4.90 Å². The van der Waals surface area contributed by atoms with Gasteiger partial charge in [0.05, 0.1) is 6.54 Å². The minimum Gasteiger partial charge on any atom is -0.385 e. The van der Waals surface area contributed by atoms with Crippen LogP contribution in [-0.4, -0.2) is 52.0 Å². The van der Waals surface area contributed by atoms with Gasteiger partial charge in [0.1, 0.15) is 12.2 Å². The predicted octanol–water partition coefficient (Wildman–Crippen LogP) is -0.152. The van der Waals surface area contributed by atoms with E-state index in [0.29, 0.717) is 6.54 Å². The number of nitrogens with two attached hydrogens (primary N) is 1. The topological polar surface area (TPSA) is 69.2 Å². The molecule has 2 heterocycles. The molecule has 0 aliphatic carbocycles. The van der Waals surface area contributed by atoms with Crippen molar-refractivity contribution in [1.82, 2.24) is 19.7 Å². The van der Waals surface area contributed by atoms with Gasteiger partial charge in [0, 0.05) is 38.9 Å². The zero-order chi connectivity index (χ0) is 12.3. The standard InChI is InChI=1S/C11H21N5O/c1-11(8-12,3-6-17-2)16-5-4-15-9-13-14-10(15)7-16/h9H,3-8,12H2,1-2H3. The van der Waals surface area contributed by atoms with Crippen molar-refractivity contribution in [2.24, 2.45) is 5.73 Å². The monoisotopic (exact) mass is 239 g/mol. The summed E-state index contributed by atoms with van der Waals surface area (Å²) < 4.78 is 7.27. The van der Waals surface area contributed by atoms with E-state index in [2.05, 4.69) is 26.6 Å². The van der Waals surface area contributed by atoms with Gasteiger partial charge >= 0.3 is 0 Å². The van der Waals surface area contributed by atoms with Gasteiger partial charge < -0.3 is 15.0 Å². The molecule has 0 radical (unpaired) electrons. The van der Waals surface area contributed by atoms with Crippen molar-refractivity contribution in [3.63, 3.8) is 0 Å². The zero-order valence-corrected chi connectivity index (χ0v) is 10.6. The van der Waals surface area contributed by atoms with Gasteiger partial charge in [-0.25, -0.2) is 0 Å². The second-order valence-electron chi connectivity index (χ2n) is 4.81. The third-order valence-electron chi connectivity index (χ3n) is 3.69. The summed E-state index contributed by atoms with van der Waals surface area (Å²) in [6.07, 6.45) is 2.73. The Morgan fingerprint density at radius 1 is 1.53 bits per heavy atom. The first kappa shape index (κ1) is 12.5.